The lowest BCUT2D eigenvalue weighted by atomic mass is 9.81. The molecule has 0 bridgehead atoms. The third-order valence-electron chi connectivity index (χ3n) is 13.6. The van der Waals surface area contributed by atoms with Crippen molar-refractivity contribution in [1.82, 2.24) is 0 Å². The SMILES string of the molecule is c1ccc(-c2c3c(c(-c4ccccc4)c4ccccc24)-c2c(-c4ccc(-c5ccc6c(-c7ccccc7)c7ccccc7c(-c7ccccc7)c6c5)cc4)ccc4cccc-3c24)cc1. The second-order valence-corrected chi connectivity index (χ2v) is 17.0. The van der Waals surface area contributed by atoms with E-state index in [0.29, 0.717) is 0 Å². The van der Waals surface area contributed by atoms with E-state index in [4.69, 9.17) is 0 Å². The van der Waals surface area contributed by atoms with Gasteiger partial charge in [-0.2, -0.15) is 0 Å². The van der Waals surface area contributed by atoms with E-state index >= 15 is 0 Å². The third-order valence-corrected chi connectivity index (χ3v) is 13.6. The summed E-state index contributed by atoms with van der Waals surface area (Å²) in [6.07, 6.45) is 0. The smallest absolute Gasteiger partial charge is 0.000117 e. The van der Waals surface area contributed by atoms with Crippen molar-refractivity contribution in [3.63, 3.8) is 0 Å². The fraction of sp³-hybridized carbons (Fsp3) is 0. The van der Waals surface area contributed by atoms with Gasteiger partial charge in [0.25, 0.3) is 0 Å². The monoisotopic (exact) mass is 808 g/mol. The fourth-order valence-corrected chi connectivity index (χ4v) is 10.9. The topological polar surface area (TPSA) is 0 Å². The summed E-state index contributed by atoms with van der Waals surface area (Å²) in [5.41, 5.74) is 20.2. The Bertz CT molecular complexity index is 3770. The Morgan fingerprint density at radius 2 is 0.594 bits per heavy atom. The van der Waals surface area contributed by atoms with E-state index in [1.165, 1.54) is 132 Å². The zero-order valence-corrected chi connectivity index (χ0v) is 35.1. The molecule has 0 radical (unpaired) electrons. The van der Waals surface area contributed by atoms with Crippen LogP contribution >= 0.6 is 0 Å². The average Bonchev–Trinajstić information content (AvgIpc) is 3.71. The van der Waals surface area contributed by atoms with E-state index in [2.05, 4.69) is 243 Å². The fourth-order valence-electron chi connectivity index (χ4n) is 10.9. The van der Waals surface area contributed by atoms with Gasteiger partial charge in [-0.25, -0.2) is 0 Å². The van der Waals surface area contributed by atoms with Crippen LogP contribution in [0.1, 0.15) is 0 Å². The molecule has 0 N–H and O–H groups in total. The van der Waals surface area contributed by atoms with E-state index < -0.39 is 0 Å². The van der Waals surface area contributed by atoms with Gasteiger partial charge in [0, 0.05) is 0 Å². The summed E-state index contributed by atoms with van der Waals surface area (Å²) in [6.45, 7) is 0. The molecule has 0 spiro atoms. The summed E-state index contributed by atoms with van der Waals surface area (Å²) >= 11 is 0. The van der Waals surface area contributed by atoms with E-state index in [9.17, 15) is 0 Å². The van der Waals surface area contributed by atoms with Gasteiger partial charge in [-0.1, -0.05) is 237 Å². The molecule has 0 saturated carbocycles. The Kier molecular flexibility index (Phi) is 8.32. The van der Waals surface area contributed by atoms with Crippen molar-refractivity contribution in [1.29, 1.82) is 0 Å². The number of fused-ring (bicyclic) bond motifs is 6. The normalized spacial score (nSPS) is 11.8. The lowest BCUT2D eigenvalue weighted by molar-refractivity contribution is 1.60. The molecule has 64 heavy (non-hydrogen) atoms. The van der Waals surface area contributed by atoms with Gasteiger partial charge in [-0.3, -0.25) is 0 Å². The lowest BCUT2D eigenvalue weighted by Gasteiger charge is -2.21. The van der Waals surface area contributed by atoms with E-state index in [1.807, 2.05) is 0 Å². The first-order valence-electron chi connectivity index (χ1n) is 22.3. The molecule has 1 aliphatic carbocycles. The highest BCUT2D eigenvalue weighted by molar-refractivity contribution is 6.29. The van der Waals surface area contributed by atoms with E-state index in [-0.39, 0.29) is 0 Å². The quantitative estimate of drug-likeness (QED) is 0.147. The first-order chi connectivity index (χ1) is 31.8. The Hall–Kier alpha value is -8.32. The molecule has 296 valence electrons. The van der Waals surface area contributed by atoms with Gasteiger partial charge in [0.2, 0.25) is 0 Å². The van der Waals surface area contributed by atoms with Crippen molar-refractivity contribution >= 4 is 43.1 Å². The van der Waals surface area contributed by atoms with Crippen LogP contribution in [0.2, 0.25) is 0 Å². The predicted octanol–water partition coefficient (Wildman–Crippen LogP) is 17.9. The second kappa shape index (κ2) is 14.7. The minimum absolute atomic E-state index is 1.19. The molecule has 0 unspecified atom stereocenters. The third kappa shape index (κ3) is 5.56. The maximum atomic E-state index is 2.42. The zero-order chi connectivity index (χ0) is 42.1. The molecule has 0 heteroatoms. The van der Waals surface area contributed by atoms with E-state index in [0.717, 1.165) is 0 Å². The Balaban J connectivity index is 1.03. The number of hydrogen-bond acceptors (Lipinski definition) is 0. The summed E-state index contributed by atoms with van der Waals surface area (Å²) in [6, 6.07) is 89.6. The van der Waals surface area contributed by atoms with Crippen LogP contribution in [0.3, 0.4) is 0 Å². The second-order valence-electron chi connectivity index (χ2n) is 17.0. The van der Waals surface area contributed by atoms with Crippen LogP contribution < -0.4 is 0 Å². The average molecular weight is 809 g/mol. The molecule has 0 aliphatic heterocycles. The van der Waals surface area contributed by atoms with E-state index in [1.54, 1.807) is 0 Å². The molecule has 0 atom stereocenters. The minimum Gasteiger partial charge on any atom is -0.0622 e. The Morgan fingerprint density at radius 3 is 1.14 bits per heavy atom. The summed E-state index contributed by atoms with van der Waals surface area (Å²) in [7, 11) is 0. The van der Waals surface area contributed by atoms with Gasteiger partial charge in [-0.15, -0.1) is 0 Å². The van der Waals surface area contributed by atoms with Crippen LogP contribution in [-0.2, 0) is 0 Å². The summed E-state index contributed by atoms with van der Waals surface area (Å²) in [4.78, 5) is 0. The molecule has 0 saturated heterocycles. The number of benzene rings is 12. The van der Waals surface area contributed by atoms with Gasteiger partial charge in [0.15, 0.2) is 0 Å². The maximum Gasteiger partial charge on any atom is -0.000117 e. The molecule has 12 aromatic rings. The Morgan fingerprint density at radius 1 is 0.172 bits per heavy atom. The van der Waals surface area contributed by atoms with Crippen molar-refractivity contribution in [3.05, 3.63) is 243 Å². The number of hydrogen-bond donors (Lipinski definition) is 0. The molecule has 0 fully saturated rings. The highest BCUT2D eigenvalue weighted by Gasteiger charge is 2.32. The molecular weight excluding hydrogens is 769 g/mol. The van der Waals surface area contributed by atoms with Crippen molar-refractivity contribution in [2.45, 2.75) is 0 Å². The molecule has 0 aromatic heterocycles. The van der Waals surface area contributed by atoms with Gasteiger partial charge in [-0.05, 0) is 138 Å². The summed E-state index contributed by atoms with van der Waals surface area (Å²) in [5.74, 6) is 0. The maximum absolute atomic E-state index is 2.42. The predicted molar refractivity (Wildman–Crippen MR) is 274 cm³/mol. The molecule has 0 amide bonds. The molecule has 0 nitrogen and oxygen atoms in total. The van der Waals surface area contributed by atoms with Crippen molar-refractivity contribution in [2.24, 2.45) is 0 Å². The van der Waals surface area contributed by atoms with Gasteiger partial charge >= 0.3 is 0 Å². The van der Waals surface area contributed by atoms with Crippen LogP contribution in [0.4, 0.5) is 0 Å². The highest BCUT2D eigenvalue weighted by atomic mass is 14.3. The van der Waals surface area contributed by atoms with Gasteiger partial charge in [0.1, 0.15) is 0 Å². The van der Waals surface area contributed by atoms with Crippen molar-refractivity contribution in [3.8, 4) is 89.0 Å². The van der Waals surface area contributed by atoms with Crippen LogP contribution in [0.5, 0.6) is 0 Å². The molecular formula is C64H40. The van der Waals surface area contributed by atoms with Crippen molar-refractivity contribution < 1.29 is 0 Å². The highest BCUT2D eigenvalue weighted by Crippen LogP contribution is 2.60. The molecule has 1 aliphatic rings. The standard InChI is InChI=1S/C64H40/c1-5-18-43(19-6-1)57-50-27-13-14-28-51(50)58(44-20-7-2-8-21-44)56-40-48(37-39-54(56)57)41-32-34-42(35-33-41)49-38-36-47-26-17-31-55-61(47)62(49)64-60(46-24-11-4-12-25-46)53-30-16-15-29-52(53)59(63(55)64)45-22-9-3-10-23-45/h1-40H. The van der Waals surface area contributed by atoms with Crippen LogP contribution in [0.15, 0.2) is 243 Å². The van der Waals surface area contributed by atoms with Crippen LogP contribution in [0, 0.1) is 0 Å². The van der Waals surface area contributed by atoms with Crippen LogP contribution in [0.25, 0.3) is 132 Å². The zero-order valence-electron chi connectivity index (χ0n) is 35.1. The lowest BCUT2D eigenvalue weighted by Crippen LogP contribution is -1.94. The van der Waals surface area contributed by atoms with Gasteiger partial charge in [0.05, 0.1) is 0 Å². The molecule has 0 heterocycles. The first kappa shape index (κ1) is 36.3. The van der Waals surface area contributed by atoms with Crippen molar-refractivity contribution in [2.75, 3.05) is 0 Å². The summed E-state index contributed by atoms with van der Waals surface area (Å²) < 4.78 is 0. The molecule has 12 aromatic carbocycles. The van der Waals surface area contributed by atoms with Gasteiger partial charge < -0.3 is 0 Å². The largest absolute Gasteiger partial charge is 0.0622 e. The first-order valence-corrected chi connectivity index (χ1v) is 22.3. The Labute approximate surface area is 373 Å². The number of rotatable bonds is 6. The minimum atomic E-state index is 1.19. The molecule has 13 rings (SSSR count). The summed E-state index contributed by atoms with van der Waals surface area (Å²) in [5, 5.41) is 10.2. The van der Waals surface area contributed by atoms with Crippen LogP contribution in [-0.4, -0.2) is 0 Å².